The van der Waals surface area contributed by atoms with Gasteiger partial charge in [0.05, 0.1) is 27.9 Å². The molecule has 0 fully saturated rings. The summed E-state index contributed by atoms with van der Waals surface area (Å²) in [5.74, 6) is -0.517. The van der Waals surface area contributed by atoms with E-state index in [0.717, 1.165) is 10.9 Å². The van der Waals surface area contributed by atoms with Gasteiger partial charge in [-0.2, -0.15) is 5.26 Å². The van der Waals surface area contributed by atoms with E-state index < -0.39 is 5.91 Å². The maximum absolute atomic E-state index is 11.3. The summed E-state index contributed by atoms with van der Waals surface area (Å²) < 4.78 is 0. The highest BCUT2D eigenvalue weighted by molar-refractivity contribution is 6.35. The van der Waals surface area contributed by atoms with Crippen LogP contribution in [0, 0.1) is 11.3 Å². The first-order chi connectivity index (χ1) is 10.6. The molecule has 0 saturated heterocycles. The van der Waals surface area contributed by atoms with E-state index in [9.17, 15) is 4.79 Å². The first kappa shape index (κ1) is 14.1. The summed E-state index contributed by atoms with van der Waals surface area (Å²) in [4.78, 5) is 15.8. The molecular formula is C17H10ClN3O. The lowest BCUT2D eigenvalue weighted by molar-refractivity contribution is 0.100. The minimum atomic E-state index is -0.517. The number of fused-ring (bicyclic) bond motifs is 1. The number of benzene rings is 2. The molecule has 22 heavy (non-hydrogen) atoms. The molecule has 106 valence electrons. The molecule has 1 amide bonds. The van der Waals surface area contributed by atoms with E-state index in [-0.39, 0.29) is 0 Å². The normalized spacial score (nSPS) is 10.4. The fourth-order valence-corrected chi connectivity index (χ4v) is 2.50. The molecule has 5 heteroatoms. The van der Waals surface area contributed by atoms with Crippen LogP contribution in [-0.2, 0) is 0 Å². The number of nitrogens with two attached hydrogens (primary N) is 1. The summed E-state index contributed by atoms with van der Waals surface area (Å²) in [5.41, 5.74) is 8.22. The molecule has 0 aliphatic rings. The van der Waals surface area contributed by atoms with Crippen molar-refractivity contribution in [2.45, 2.75) is 0 Å². The summed E-state index contributed by atoms with van der Waals surface area (Å²) in [6, 6.07) is 15.9. The zero-order valence-corrected chi connectivity index (χ0v) is 12.1. The zero-order chi connectivity index (χ0) is 15.7. The molecule has 2 aromatic carbocycles. The van der Waals surface area contributed by atoms with Crippen molar-refractivity contribution >= 4 is 28.4 Å². The van der Waals surface area contributed by atoms with Gasteiger partial charge in [0.2, 0.25) is 5.91 Å². The Morgan fingerprint density at radius 3 is 2.73 bits per heavy atom. The van der Waals surface area contributed by atoms with Crippen molar-refractivity contribution in [3.05, 3.63) is 64.7 Å². The average molecular weight is 308 g/mol. The summed E-state index contributed by atoms with van der Waals surface area (Å²) in [6.45, 7) is 0. The minimum absolute atomic E-state index is 0.374. The maximum Gasteiger partial charge on any atom is 0.248 e. The number of nitrogens with zero attached hydrogens (tertiary/aromatic N) is 2. The average Bonchev–Trinajstić information content (AvgIpc) is 2.54. The number of carbonyl (C=O) groups is 1. The summed E-state index contributed by atoms with van der Waals surface area (Å²) >= 11 is 6.30. The van der Waals surface area contributed by atoms with Crippen LogP contribution in [0.3, 0.4) is 0 Å². The molecule has 0 radical (unpaired) electrons. The Hall–Kier alpha value is -2.90. The second-order valence-electron chi connectivity index (χ2n) is 4.78. The van der Waals surface area contributed by atoms with Crippen LogP contribution in [0.4, 0.5) is 0 Å². The number of primary amides is 1. The predicted molar refractivity (Wildman–Crippen MR) is 85.4 cm³/mol. The highest BCUT2D eigenvalue weighted by Gasteiger charge is 2.09. The van der Waals surface area contributed by atoms with Crippen LogP contribution in [-0.4, -0.2) is 10.9 Å². The molecule has 2 N–H and O–H groups in total. The Balaban J connectivity index is 2.22. The molecule has 1 heterocycles. The number of halogens is 1. The summed E-state index contributed by atoms with van der Waals surface area (Å²) in [7, 11) is 0. The Labute approximate surface area is 131 Å². The molecule has 3 aromatic rings. The highest BCUT2D eigenvalue weighted by atomic mass is 35.5. The Kier molecular flexibility index (Phi) is 3.50. The monoisotopic (exact) mass is 307 g/mol. The molecule has 4 nitrogen and oxygen atoms in total. The van der Waals surface area contributed by atoms with Crippen LogP contribution >= 0.6 is 11.6 Å². The number of hydrogen-bond acceptors (Lipinski definition) is 3. The van der Waals surface area contributed by atoms with Crippen molar-refractivity contribution in [3.8, 4) is 17.3 Å². The van der Waals surface area contributed by atoms with E-state index in [1.807, 2.05) is 6.07 Å². The van der Waals surface area contributed by atoms with Gasteiger partial charge in [-0.25, -0.2) is 4.98 Å². The van der Waals surface area contributed by atoms with Gasteiger partial charge >= 0.3 is 0 Å². The first-order valence-electron chi connectivity index (χ1n) is 6.49. The first-order valence-corrected chi connectivity index (χ1v) is 6.87. The lowest BCUT2D eigenvalue weighted by Crippen LogP contribution is -2.10. The van der Waals surface area contributed by atoms with Gasteiger partial charge in [0.25, 0.3) is 0 Å². The second kappa shape index (κ2) is 5.47. The molecule has 1 aromatic heterocycles. The summed E-state index contributed by atoms with van der Waals surface area (Å²) in [5, 5.41) is 10.3. The number of carbonyl (C=O) groups excluding carboxylic acids is 1. The van der Waals surface area contributed by atoms with Crippen LogP contribution in [0.5, 0.6) is 0 Å². The number of nitriles is 1. The zero-order valence-electron chi connectivity index (χ0n) is 11.4. The SMILES string of the molecule is N#Cc1cccc(-c2cc(Cl)c3ccc(C(N)=O)cc3n2)c1. The van der Waals surface area contributed by atoms with E-state index in [2.05, 4.69) is 11.1 Å². The number of rotatable bonds is 2. The molecule has 0 saturated carbocycles. The molecular weight excluding hydrogens is 298 g/mol. The topological polar surface area (TPSA) is 79.8 Å². The third-order valence-electron chi connectivity index (χ3n) is 3.33. The smallest absolute Gasteiger partial charge is 0.248 e. The third-order valence-corrected chi connectivity index (χ3v) is 3.64. The molecule has 3 rings (SSSR count). The summed E-state index contributed by atoms with van der Waals surface area (Å²) in [6.07, 6.45) is 0. The van der Waals surface area contributed by atoms with E-state index in [0.29, 0.717) is 27.4 Å². The lowest BCUT2D eigenvalue weighted by Gasteiger charge is -2.07. The largest absolute Gasteiger partial charge is 0.366 e. The molecule has 0 unspecified atom stereocenters. The van der Waals surface area contributed by atoms with Gasteiger partial charge in [-0.1, -0.05) is 29.8 Å². The van der Waals surface area contributed by atoms with Gasteiger partial charge in [0.1, 0.15) is 0 Å². The minimum Gasteiger partial charge on any atom is -0.366 e. The van der Waals surface area contributed by atoms with Crippen LogP contribution in [0.1, 0.15) is 15.9 Å². The predicted octanol–water partition coefficient (Wildman–Crippen LogP) is 3.53. The fraction of sp³-hybridized carbons (Fsp3) is 0. The van der Waals surface area contributed by atoms with Crippen molar-refractivity contribution in [3.63, 3.8) is 0 Å². The number of hydrogen-bond donors (Lipinski definition) is 1. The van der Waals surface area contributed by atoms with E-state index in [4.69, 9.17) is 22.6 Å². The van der Waals surface area contributed by atoms with Gasteiger partial charge in [-0.15, -0.1) is 0 Å². The Morgan fingerprint density at radius 1 is 1.18 bits per heavy atom. The van der Waals surface area contributed by atoms with Crippen LogP contribution in [0.2, 0.25) is 5.02 Å². The van der Waals surface area contributed by atoms with Crippen molar-refractivity contribution in [1.82, 2.24) is 4.98 Å². The van der Waals surface area contributed by atoms with Gasteiger partial charge < -0.3 is 5.73 Å². The fourth-order valence-electron chi connectivity index (χ4n) is 2.24. The quantitative estimate of drug-likeness (QED) is 0.786. The van der Waals surface area contributed by atoms with Gasteiger partial charge in [0.15, 0.2) is 0 Å². The van der Waals surface area contributed by atoms with Crippen LogP contribution in [0.15, 0.2) is 48.5 Å². The molecule has 0 aliphatic carbocycles. The van der Waals surface area contributed by atoms with E-state index in [1.54, 1.807) is 42.5 Å². The number of aromatic nitrogens is 1. The Morgan fingerprint density at radius 2 is 2.00 bits per heavy atom. The lowest BCUT2D eigenvalue weighted by atomic mass is 10.1. The highest BCUT2D eigenvalue weighted by Crippen LogP contribution is 2.29. The van der Waals surface area contributed by atoms with Gasteiger partial charge in [-0.05, 0) is 30.3 Å². The van der Waals surface area contributed by atoms with Crippen molar-refractivity contribution in [1.29, 1.82) is 5.26 Å². The Bertz CT molecular complexity index is 944. The van der Waals surface area contributed by atoms with Crippen molar-refractivity contribution in [2.75, 3.05) is 0 Å². The van der Waals surface area contributed by atoms with Gasteiger partial charge in [0, 0.05) is 16.5 Å². The third kappa shape index (κ3) is 2.50. The molecule has 0 spiro atoms. The van der Waals surface area contributed by atoms with E-state index in [1.165, 1.54) is 0 Å². The maximum atomic E-state index is 11.3. The van der Waals surface area contributed by atoms with Crippen LogP contribution in [0.25, 0.3) is 22.2 Å². The molecule has 0 atom stereocenters. The number of pyridine rings is 1. The standard InChI is InChI=1S/C17H10ClN3O/c18-14-8-15(11-3-1-2-10(6-11)9-19)21-16-7-12(17(20)22)4-5-13(14)16/h1-8H,(H2,20,22). The molecule has 0 aliphatic heterocycles. The van der Waals surface area contributed by atoms with Crippen molar-refractivity contribution in [2.24, 2.45) is 5.73 Å². The van der Waals surface area contributed by atoms with E-state index >= 15 is 0 Å². The number of amides is 1. The molecule has 0 bridgehead atoms. The van der Waals surface area contributed by atoms with Gasteiger partial charge in [-0.3, -0.25) is 4.79 Å². The van der Waals surface area contributed by atoms with Crippen LogP contribution < -0.4 is 5.73 Å². The van der Waals surface area contributed by atoms with Crippen molar-refractivity contribution < 1.29 is 4.79 Å². The second-order valence-corrected chi connectivity index (χ2v) is 5.19.